The van der Waals surface area contributed by atoms with Crippen molar-refractivity contribution in [2.45, 2.75) is 38.8 Å². The van der Waals surface area contributed by atoms with E-state index in [1.54, 1.807) is 0 Å². The highest BCUT2D eigenvalue weighted by Gasteiger charge is 2.54. The van der Waals surface area contributed by atoms with Crippen LogP contribution >= 0.6 is 0 Å². The van der Waals surface area contributed by atoms with Crippen molar-refractivity contribution in [1.82, 2.24) is 0 Å². The van der Waals surface area contributed by atoms with Crippen LogP contribution in [0.15, 0.2) is 0 Å². The van der Waals surface area contributed by atoms with Gasteiger partial charge >= 0.3 is 72.5 Å². The summed E-state index contributed by atoms with van der Waals surface area (Å²) in [4.78, 5) is 0. The molecule has 16 N–H and O–H groups in total. The summed E-state index contributed by atoms with van der Waals surface area (Å²) in [6, 6.07) is 0. The Bertz CT molecular complexity index is 627. The van der Waals surface area contributed by atoms with E-state index in [1.165, 1.54) is 0 Å². The van der Waals surface area contributed by atoms with E-state index in [9.17, 15) is 0 Å². The first-order valence-electron chi connectivity index (χ1n) is 11.8. The molecule has 42 heavy (non-hydrogen) atoms. The van der Waals surface area contributed by atoms with Crippen molar-refractivity contribution in [3.05, 3.63) is 0 Å². The Morgan fingerprint density at radius 3 is 0.643 bits per heavy atom. The summed E-state index contributed by atoms with van der Waals surface area (Å²) in [6.07, 6.45) is 0. The fourth-order valence-corrected chi connectivity index (χ4v) is 2.18. The number of quaternary nitrogens is 2. The summed E-state index contributed by atoms with van der Waals surface area (Å²) in [5.41, 5.74) is 6.97. The maximum Gasteiger partial charge on any atom is 0.582 e. The van der Waals surface area contributed by atoms with Gasteiger partial charge in [0.2, 0.25) is 0 Å². The Balaban J connectivity index is 0.000000307. The molecule has 4 fully saturated rings. The van der Waals surface area contributed by atoms with Crippen LogP contribution in [0.1, 0.15) is 27.7 Å². The Hall–Kier alpha value is -0.311. The first kappa shape index (κ1) is 39.7. The topological polar surface area (TPSA) is 368 Å². The van der Waals surface area contributed by atoms with Gasteiger partial charge in [-0.2, -0.15) is 0 Å². The third-order valence-electron chi connectivity index (χ3n) is 4.05. The van der Waals surface area contributed by atoms with Gasteiger partial charge in [-0.15, -0.1) is 0 Å². The van der Waals surface area contributed by atoms with Crippen molar-refractivity contribution in [1.29, 1.82) is 0 Å². The predicted octanol–water partition coefficient (Wildman–Crippen LogP) is -11.1. The number of rotatable bonds is 2. The zero-order chi connectivity index (χ0) is 32.5. The first-order valence-corrected chi connectivity index (χ1v) is 11.8. The molecule has 24 nitrogen and oxygen atoms in total. The molecule has 236 valence electrons. The zero-order valence-corrected chi connectivity index (χ0v) is 23.0. The molecule has 0 amide bonds. The molecule has 4 aliphatic rings. The summed E-state index contributed by atoms with van der Waals surface area (Å²) >= 11 is 0. The van der Waals surface area contributed by atoms with Crippen molar-refractivity contribution in [3.8, 4) is 0 Å². The molecule has 0 unspecified atom stereocenters. The van der Waals surface area contributed by atoms with Crippen LogP contribution in [-0.4, -0.2) is 147 Å². The van der Waals surface area contributed by atoms with E-state index in [1.807, 2.05) is 27.7 Å². The molecule has 0 aromatic carbocycles. The summed E-state index contributed by atoms with van der Waals surface area (Å²) in [5.74, 6) is 0. The second-order valence-corrected chi connectivity index (χ2v) is 9.89. The van der Waals surface area contributed by atoms with Crippen molar-refractivity contribution >= 4 is 72.5 Å². The molecule has 0 bridgehead atoms. The lowest BCUT2D eigenvalue weighted by atomic mass is 9.84. The molecule has 4 heterocycles. The smallest absolute Gasteiger partial charge is 0.539 e. The van der Waals surface area contributed by atoms with Crippen LogP contribution in [0.4, 0.5) is 0 Å². The fraction of sp³-hybridized carbons (Fsp3) is 1.00. The molecule has 0 atom stereocenters. The molecule has 4 saturated heterocycles. The maximum atomic E-state index is 8.94. The quantitative estimate of drug-likeness (QED) is 0.128. The first-order chi connectivity index (χ1) is 19.1. The van der Waals surface area contributed by atoms with E-state index in [0.717, 1.165) is 0 Å². The Kier molecular flexibility index (Phi) is 15.9. The van der Waals surface area contributed by atoms with Gasteiger partial charge in [-0.25, -0.2) is 0 Å². The summed E-state index contributed by atoms with van der Waals surface area (Å²) in [5, 5.41) is 88.2. The van der Waals surface area contributed by atoms with Crippen LogP contribution in [0, 0.1) is 0 Å². The lowest BCUT2D eigenvalue weighted by Crippen LogP contribution is -2.71. The Labute approximate surface area is 241 Å². The summed E-state index contributed by atoms with van der Waals surface area (Å²) in [7, 11) is -15.2. The van der Waals surface area contributed by atoms with Crippen LogP contribution in [0.3, 0.4) is 0 Å². The van der Waals surface area contributed by atoms with E-state index >= 15 is 0 Å². The minimum Gasteiger partial charge on any atom is -0.539 e. The van der Waals surface area contributed by atoms with E-state index in [2.05, 4.69) is 66.3 Å². The average Bonchev–Trinajstić information content (AvgIpc) is 2.75. The van der Waals surface area contributed by atoms with Crippen LogP contribution in [0.2, 0.25) is 0 Å². The highest BCUT2D eigenvalue weighted by molar-refractivity contribution is 6.82. The van der Waals surface area contributed by atoms with Crippen molar-refractivity contribution < 1.29 is 117 Å². The maximum absolute atomic E-state index is 8.94. The molecular formula is C8H32B10N2O22. The van der Waals surface area contributed by atoms with Crippen molar-refractivity contribution in [2.24, 2.45) is 0 Å². The van der Waals surface area contributed by atoms with Crippen molar-refractivity contribution in [3.63, 3.8) is 0 Å². The Morgan fingerprint density at radius 2 is 0.548 bits per heavy atom. The van der Waals surface area contributed by atoms with Crippen LogP contribution in [0.5, 0.6) is 0 Å². The van der Waals surface area contributed by atoms with E-state index in [-0.39, 0.29) is 24.3 Å². The van der Waals surface area contributed by atoms with Crippen LogP contribution in [0.25, 0.3) is 0 Å². The van der Waals surface area contributed by atoms with Gasteiger partial charge in [0, 0.05) is 0 Å². The number of hydrogen-bond donors (Lipinski definition) is 12. The molecule has 0 aromatic rings. The molecule has 4 rings (SSSR count). The summed E-state index contributed by atoms with van der Waals surface area (Å²) < 4.78 is 52.8. The van der Waals surface area contributed by atoms with Gasteiger partial charge in [-0.1, -0.05) is 0 Å². The molecule has 0 aromatic heterocycles. The molecule has 0 aliphatic carbocycles. The molecule has 34 heteroatoms. The number of aliphatic hydroxyl groups excluding tert-OH is 2. The SMILES string of the molecule is CC(C)([NH3+])CO.CC(C)([NH3+])CO.OB1OB(O)O[B-]2(O1)OB(O)OB(O)O2.OB1OB(O)O[B-]2(O1)OB(O)OB(O)O2. The number of aliphatic hydroxyl groups is 2. The van der Waals surface area contributed by atoms with Gasteiger partial charge in [0.15, 0.2) is 0 Å². The van der Waals surface area contributed by atoms with Gasteiger partial charge in [0.25, 0.3) is 0 Å². The largest absolute Gasteiger partial charge is 0.582 e. The molecule has 0 saturated carbocycles. The molecule has 0 radical (unpaired) electrons. The molecular weight excluding hydrogens is 584 g/mol. The highest BCUT2D eigenvalue weighted by atomic mass is 17.0. The normalized spacial score (nSPS) is 22.3. The molecule has 2 spiro atoms. The van der Waals surface area contributed by atoms with E-state index in [0.29, 0.717) is 0 Å². The van der Waals surface area contributed by atoms with Gasteiger partial charge in [-0.05, 0) is 27.7 Å². The van der Waals surface area contributed by atoms with Gasteiger partial charge in [0.1, 0.15) is 11.1 Å². The average molecular weight is 616 g/mol. The van der Waals surface area contributed by atoms with Gasteiger partial charge in [-0.3, -0.25) is 0 Å². The fourth-order valence-electron chi connectivity index (χ4n) is 2.18. The lowest BCUT2D eigenvalue weighted by Gasteiger charge is -2.49. The van der Waals surface area contributed by atoms with Gasteiger partial charge in [0.05, 0.1) is 13.2 Å². The predicted molar refractivity (Wildman–Crippen MR) is 136 cm³/mol. The minimum atomic E-state index is -3.21. The minimum absolute atomic E-state index is 0.153. The second-order valence-electron chi connectivity index (χ2n) is 9.89. The van der Waals surface area contributed by atoms with E-state index < -0.39 is 72.5 Å². The zero-order valence-electron chi connectivity index (χ0n) is 23.0. The Morgan fingerprint density at radius 1 is 0.429 bits per heavy atom. The van der Waals surface area contributed by atoms with Crippen LogP contribution < -0.4 is 11.5 Å². The van der Waals surface area contributed by atoms with Gasteiger partial charge < -0.3 is 117 Å². The van der Waals surface area contributed by atoms with Crippen LogP contribution in [-0.2, 0) is 54.9 Å². The van der Waals surface area contributed by atoms with E-state index in [4.69, 9.17) is 50.4 Å². The lowest BCUT2D eigenvalue weighted by molar-refractivity contribution is -0.471. The third kappa shape index (κ3) is 15.6. The third-order valence-corrected chi connectivity index (χ3v) is 4.05. The highest BCUT2D eigenvalue weighted by Crippen LogP contribution is 2.24. The second kappa shape index (κ2) is 16.8. The number of hydrogen-bond acceptors (Lipinski definition) is 22. The molecule has 4 aliphatic heterocycles. The monoisotopic (exact) mass is 618 g/mol. The van der Waals surface area contributed by atoms with Crippen molar-refractivity contribution in [2.75, 3.05) is 13.2 Å². The summed E-state index contributed by atoms with van der Waals surface area (Å²) in [6.45, 7) is 1.43. The standard InChI is InChI=1S/2C4H11NO.2B5H4O10/c2*1-4(2,5)3-6;2*6-1-10-2(7)13-5(12-1)14-3(8)11-4(9)15-5/h2*6H,3,5H2,1-2H3;2*6-9H/q;;2*-1/p+2.